The third-order valence-electron chi connectivity index (χ3n) is 6.09. The molecule has 0 unspecified atom stereocenters. The summed E-state index contributed by atoms with van der Waals surface area (Å²) in [7, 11) is 1.66. The molecule has 2 aliphatic rings. The maximum atomic E-state index is 12.7. The van der Waals surface area contributed by atoms with Crippen LogP contribution in [0.25, 0.3) is 0 Å². The normalized spacial score (nSPS) is 17.2. The highest BCUT2D eigenvalue weighted by atomic mass is 16.5. The molecule has 2 aliphatic heterocycles. The Bertz CT molecular complexity index is 856. The first kappa shape index (κ1) is 20.4. The Balaban J connectivity index is 1.30. The van der Waals surface area contributed by atoms with Gasteiger partial charge in [-0.25, -0.2) is 0 Å². The molecule has 0 bridgehead atoms. The monoisotopic (exact) mass is 409 g/mol. The fourth-order valence-electron chi connectivity index (χ4n) is 4.30. The Hall–Kier alpha value is -2.83. The lowest BCUT2D eigenvalue weighted by Crippen LogP contribution is -2.49. The molecule has 0 atom stereocenters. The molecular weight excluding hydrogens is 378 g/mol. The van der Waals surface area contributed by atoms with E-state index in [1.807, 2.05) is 30.0 Å². The van der Waals surface area contributed by atoms with E-state index < -0.39 is 0 Å². The number of benzene rings is 1. The molecule has 7 heteroatoms. The van der Waals surface area contributed by atoms with Crippen LogP contribution in [0.1, 0.15) is 30.4 Å². The number of carbonyl (C=O) groups excluding carboxylic acids is 1. The van der Waals surface area contributed by atoms with Crippen LogP contribution < -0.4 is 14.5 Å². The average Bonchev–Trinajstić information content (AvgIpc) is 2.80. The van der Waals surface area contributed by atoms with Gasteiger partial charge in [0.05, 0.1) is 13.5 Å². The molecular formula is C23H31N5O2. The van der Waals surface area contributed by atoms with Crippen molar-refractivity contribution < 1.29 is 9.53 Å². The van der Waals surface area contributed by atoms with Crippen LogP contribution in [0.4, 0.5) is 11.6 Å². The predicted octanol–water partition coefficient (Wildman–Crippen LogP) is 2.68. The standard InChI is InChI=1S/C23H31N5O2/c1-18-16-19(6-7-20(18)30-2)17-23(29)28-14-12-27(13-15-28)22-9-8-21(24-25-22)26-10-4-3-5-11-26/h6-9,16H,3-5,10-15,17H2,1-2H3. The minimum absolute atomic E-state index is 0.172. The summed E-state index contributed by atoms with van der Waals surface area (Å²) in [6.45, 7) is 7.14. The minimum atomic E-state index is 0.172. The summed E-state index contributed by atoms with van der Waals surface area (Å²) < 4.78 is 5.30. The first-order chi connectivity index (χ1) is 14.6. The van der Waals surface area contributed by atoms with Crippen molar-refractivity contribution in [3.05, 3.63) is 41.5 Å². The van der Waals surface area contributed by atoms with Crippen molar-refractivity contribution in [1.29, 1.82) is 0 Å². The zero-order valence-corrected chi connectivity index (χ0v) is 18.0. The zero-order valence-electron chi connectivity index (χ0n) is 18.0. The van der Waals surface area contributed by atoms with Gasteiger partial charge in [-0.3, -0.25) is 4.79 Å². The van der Waals surface area contributed by atoms with E-state index in [1.54, 1.807) is 7.11 Å². The van der Waals surface area contributed by atoms with E-state index in [-0.39, 0.29) is 5.91 Å². The first-order valence-electron chi connectivity index (χ1n) is 10.9. The van der Waals surface area contributed by atoms with Crippen molar-refractivity contribution in [2.75, 3.05) is 56.2 Å². The van der Waals surface area contributed by atoms with Crippen LogP contribution in [0.3, 0.4) is 0 Å². The van der Waals surface area contributed by atoms with Gasteiger partial charge in [0, 0.05) is 39.3 Å². The Morgan fingerprint density at radius 2 is 1.53 bits per heavy atom. The molecule has 7 nitrogen and oxygen atoms in total. The van der Waals surface area contributed by atoms with E-state index in [0.29, 0.717) is 19.5 Å². The van der Waals surface area contributed by atoms with E-state index in [9.17, 15) is 4.79 Å². The molecule has 3 heterocycles. The van der Waals surface area contributed by atoms with Gasteiger partial charge >= 0.3 is 0 Å². The fourth-order valence-corrected chi connectivity index (χ4v) is 4.30. The first-order valence-corrected chi connectivity index (χ1v) is 10.9. The Labute approximate surface area is 178 Å². The molecule has 1 amide bonds. The number of anilines is 2. The van der Waals surface area contributed by atoms with Gasteiger partial charge in [0.25, 0.3) is 0 Å². The topological polar surface area (TPSA) is 61.8 Å². The molecule has 2 saturated heterocycles. The summed E-state index contributed by atoms with van der Waals surface area (Å²) >= 11 is 0. The molecule has 0 radical (unpaired) electrons. The van der Waals surface area contributed by atoms with Gasteiger partial charge in [-0.05, 0) is 55.5 Å². The molecule has 160 valence electrons. The van der Waals surface area contributed by atoms with Gasteiger partial charge in [-0.15, -0.1) is 10.2 Å². The highest BCUT2D eigenvalue weighted by Gasteiger charge is 2.23. The third-order valence-corrected chi connectivity index (χ3v) is 6.09. The van der Waals surface area contributed by atoms with Crippen molar-refractivity contribution in [2.45, 2.75) is 32.6 Å². The fraction of sp³-hybridized carbons (Fsp3) is 0.522. The number of aryl methyl sites for hydroxylation is 1. The van der Waals surface area contributed by atoms with E-state index >= 15 is 0 Å². The molecule has 0 N–H and O–H groups in total. The molecule has 1 aromatic carbocycles. The van der Waals surface area contributed by atoms with E-state index in [4.69, 9.17) is 4.74 Å². The largest absolute Gasteiger partial charge is 0.496 e. The van der Waals surface area contributed by atoms with Gasteiger partial charge in [-0.2, -0.15) is 0 Å². The smallest absolute Gasteiger partial charge is 0.227 e. The second-order valence-electron chi connectivity index (χ2n) is 8.15. The van der Waals surface area contributed by atoms with Crippen LogP contribution in [-0.4, -0.2) is 67.4 Å². The number of methoxy groups -OCH3 is 1. The van der Waals surface area contributed by atoms with Crippen LogP contribution in [0.5, 0.6) is 5.75 Å². The van der Waals surface area contributed by atoms with Gasteiger partial charge in [0.15, 0.2) is 11.6 Å². The minimum Gasteiger partial charge on any atom is -0.496 e. The third kappa shape index (κ3) is 4.66. The van der Waals surface area contributed by atoms with Crippen molar-refractivity contribution >= 4 is 17.5 Å². The zero-order chi connectivity index (χ0) is 20.9. The number of nitrogens with zero attached hydrogens (tertiary/aromatic N) is 5. The van der Waals surface area contributed by atoms with Gasteiger partial charge in [-0.1, -0.05) is 12.1 Å². The number of hydrogen-bond acceptors (Lipinski definition) is 6. The molecule has 0 saturated carbocycles. The predicted molar refractivity (Wildman–Crippen MR) is 118 cm³/mol. The number of ether oxygens (including phenoxy) is 1. The van der Waals surface area contributed by atoms with Crippen molar-refractivity contribution in [2.24, 2.45) is 0 Å². The van der Waals surface area contributed by atoms with Crippen LogP contribution in [0, 0.1) is 6.92 Å². The number of rotatable bonds is 5. The van der Waals surface area contributed by atoms with E-state index in [1.165, 1.54) is 19.3 Å². The lowest BCUT2D eigenvalue weighted by Gasteiger charge is -2.35. The van der Waals surface area contributed by atoms with Crippen molar-refractivity contribution in [3.8, 4) is 5.75 Å². The summed E-state index contributed by atoms with van der Waals surface area (Å²) in [6, 6.07) is 10.1. The average molecular weight is 410 g/mol. The Morgan fingerprint density at radius 3 is 2.10 bits per heavy atom. The molecule has 0 spiro atoms. The Kier molecular flexibility index (Phi) is 6.35. The molecule has 0 aliphatic carbocycles. The Morgan fingerprint density at radius 1 is 0.900 bits per heavy atom. The van der Waals surface area contributed by atoms with E-state index in [0.717, 1.165) is 54.7 Å². The molecule has 4 rings (SSSR count). The highest BCUT2D eigenvalue weighted by Crippen LogP contribution is 2.21. The molecule has 2 fully saturated rings. The van der Waals surface area contributed by atoms with Crippen LogP contribution >= 0.6 is 0 Å². The lowest BCUT2D eigenvalue weighted by molar-refractivity contribution is -0.130. The lowest BCUT2D eigenvalue weighted by atomic mass is 10.1. The van der Waals surface area contributed by atoms with E-state index in [2.05, 4.69) is 32.1 Å². The molecule has 2 aromatic rings. The van der Waals surface area contributed by atoms with Gasteiger partial charge in [0.1, 0.15) is 5.75 Å². The number of piperazine rings is 1. The summed E-state index contributed by atoms with van der Waals surface area (Å²) in [4.78, 5) is 19.2. The summed E-state index contributed by atoms with van der Waals surface area (Å²) in [5.41, 5.74) is 2.08. The summed E-state index contributed by atoms with van der Waals surface area (Å²) in [5, 5.41) is 8.91. The van der Waals surface area contributed by atoms with Gasteiger partial charge < -0.3 is 19.4 Å². The second kappa shape index (κ2) is 9.32. The van der Waals surface area contributed by atoms with Gasteiger partial charge in [0.2, 0.25) is 5.91 Å². The molecule has 1 aromatic heterocycles. The maximum absolute atomic E-state index is 12.7. The van der Waals surface area contributed by atoms with Crippen LogP contribution in [0.2, 0.25) is 0 Å². The number of amides is 1. The number of piperidine rings is 1. The van der Waals surface area contributed by atoms with Crippen molar-refractivity contribution in [1.82, 2.24) is 15.1 Å². The summed E-state index contributed by atoms with van der Waals surface area (Å²) in [6.07, 6.45) is 4.20. The van der Waals surface area contributed by atoms with Crippen molar-refractivity contribution in [3.63, 3.8) is 0 Å². The number of carbonyl (C=O) groups is 1. The van der Waals surface area contributed by atoms with Crippen LogP contribution in [0.15, 0.2) is 30.3 Å². The second-order valence-corrected chi connectivity index (χ2v) is 8.15. The number of hydrogen-bond donors (Lipinski definition) is 0. The molecule has 30 heavy (non-hydrogen) atoms. The SMILES string of the molecule is COc1ccc(CC(=O)N2CCN(c3ccc(N4CCCCC4)nn3)CC2)cc1C. The highest BCUT2D eigenvalue weighted by molar-refractivity contribution is 5.79. The number of aromatic nitrogens is 2. The summed E-state index contributed by atoms with van der Waals surface area (Å²) in [5.74, 6) is 2.90. The maximum Gasteiger partial charge on any atom is 0.227 e. The van der Waals surface area contributed by atoms with Crippen LogP contribution in [-0.2, 0) is 11.2 Å². The quantitative estimate of drug-likeness (QED) is 0.757.